The van der Waals surface area contributed by atoms with Crippen molar-refractivity contribution >= 4 is 29.1 Å². The van der Waals surface area contributed by atoms with Gasteiger partial charge in [0.05, 0.1) is 17.3 Å². The molecular weight excluding hydrogens is 292 g/mol. The Hall–Kier alpha value is -1.89. The van der Waals surface area contributed by atoms with E-state index in [4.69, 9.17) is 5.11 Å². The van der Waals surface area contributed by atoms with Crippen molar-refractivity contribution in [1.29, 1.82) is 0 Å². The molecule has 1 aliphatic heterocycles. The van der Waals surface area contributed by atoms with Crippen molar-refractivity contribution in [3.63, 3.8) is 0 Å². The van der Waals surface area contributed by atoms with Gasteiger partial charge in [-0.15, -0.1) is 11.3 Å². The number of carbonyl (C=O) groups is 3. The lowest BCUT2D eigenvalue weighted by Crippen LogP contribution is -2.46. The SMILES string of the molecule is CN(CC(=O)N1CCC[C@@H](C(=O)O)C1)C(=O)c1cccs1. The van der Waals surface area contributed by atoms with E-state index < -0.39 is 11.9 Å². The van der Waals surface area contributed by atoms with Crippen LogP contribution < -0.4 is 0 Å². The fraction of sp³-hybridized carbons (Fsp3) is 0.500. The van der Waals surface area contributed by atoms with Crippen molar-refractivity contribution in [3.8, 4) is 0 Å². The fourth-order valence-corrected chi connectivity index (χ4v) is 3.09. The van der Waals surface area contributed by atoms with Crippen LogP contribution in [-0.4, -0.2) is 59.4 Å². The molecule has 0 radical (unpaired) electrons. The summed E-state index contributed by atoms with van der Waals surface area (Å²) in [5.74, 6) is -1.75. The molecule has 1 atom stereocenters. The van der Waals surface area contributed by atoms with E-state index in [2.05, 4.69) is 0 Å². The third kappa shape index (κ3) is 3.81. The third-order valence-electron chi connectivity index (χ3n) is 3.57. The quantitative estimate of drug-likeness (QED) is 0.904. The van der Waals surface area contributed by atoms with Gasteiger partial charge in [0.15, 0.2) is 0 Å². The maximum Gasteiger partial charge on any atom is 0.308 e. The number of carbonyl (C=O) groups excluding carboxylic acids is 2. The van der Waals surface area contributed by atoms with E-state index in [1.165, 1.54) is 16.2 Å². The molecule has 1 aromatic rings. The summed E-state index contributed by atoms with van der Waals surface area (Å²) in [7, 11) is 1.58. The zero-order chi connectivity index (χ0) is 15.4. The summed E-state index contributed by atoms with van der Waals surface area (Å²) in [6, 6.07) is 3.50. The summed E-state index contributed by atoms with van der Waals surface area (Å²) < 4.78 is 0. The average molecular weight is 310 g/mol. The molecule has 1 N–H and O–H groups in total. The molecule has 114 valence electrons. The number of carboxylic acid groups (broad SMARTS) is 1. The average Bonchev–Trinajstić information content (AvgIpc) is 3.00. The lowest BCUT2D eigenvalue weighted by molar-refractivity contribution is -0.145. The minimum absolute atomic E-state index is 0.0247. The van der Waals surface area contributed by atoms with Crippen molar-refractivity contribution in [2.75, 3.05) is 26.7 Å². The van der Waals surface area contributed by atoms with Crippen molar-refractivity contribution in [2.24, 2.45) is 5.92 Å². The molecular formula is C14H18N2O4S. The van der Waals surface area contributed by atoms with E-state index in [-0.39, 0.29) is 24.9 Å². The summed E-state index contributed by atoms with van der Waals surface area (Å²) in [6.07, 6.45) is 1.29. The summed E-state index contributed by atoms with van der Waals surface area (Å²) in [5.41, 5.74) is 0. The summed E-state index contributed by atoms with van der Waals surface area (Å²) in [5, 5.41) is 10.8. The van der Waals surface area contributed by atoms with Gasteiger partial charge in [-0.2, -0.15) is 0 Å². The third-order valence-corrected chi connectivity index (χ3v) is 4.43. The first-order valence-electron chi connectivity index (χ1n) is 6.78. The molecule has 1 aromatic heterocycles. The van der Waals surface area contributed by atoms with Gasteiger partial charge in [-0.05, 0) is 24.3 Å². The van der Waals surface area contributed by atoms with Crippen LogP contribution in [0.2, 0.25) is 0 Å². The highest BCUT2D eigenvalue weighted by atomic mass is 32.1. The maximum absolute atomic E-state index is 12.2. The number of piperidine rings is 1. The lowest BCUT2D eigenvalue weighted by Gasteiger charge is -2.31. The van der Waals surface area contributed by atoms with Crippen LogP contribution in [0.3, 0.4) is 0 Å². The van der Waals surface area contributed by atoms with Crippen LogP contribution in [0.5, 0.6) is 0 Å². The van der Waals surface area contributed by atoms with E-state index >= 15 is 0 Å². The molecule has 0 bridgehead atoms. The second kappa shape index (κ2) is 6.71. The van der Waals surface area contributed by atoms with Crippen molar-refractivity contribution in [2.45, 2.75) is 12.8 Å². The zero-order valence-corrected chi connectivity index (χ0v) is 12.6. The van der Waals surface area contributed by atoms with E-state index in [0.29, 0.717) is 24.3 Å². The molecule has 0 saturated carbocycles. The Bertz CT molecular complexity index is 529. The highest BCUT2D eigenvalue weighted by Crippen LogP contribution is 2.17. The number of thiophene rings is 1. The van der Waals surface area contributed by atoms with Gasteiger partial charge in [0, 0.05) is 20.1 Å². The van der Waals surface area contributed by atoms with Crippen LogP contribution in [-0.2, 0) is 9.59 Å². The van der Waals surface area contributed by atoms with Gasteiger partial charge in [-0.1, -0.05) is 6.07 Å². The monoisotopic (exact) mass is 310 g/mol. The van der Waals surface area contributed by atoms with Gasteiger partial charge in [0.2, 0.25) is 5.91 Å². The van der Waals surface area contributed by atoms with E-state index in [9.17, 15) is 14.4 Å². The van der Waals surface area contributed by atoms with Gasteiger partial charge < -0.3 is 14.9 Å². The lowest BCUT2D eigenvalue weighted by atomic mass is 9.98. The molecule has 7 heteroatoms. The number of likely N-dealkylation sites (N-methyl/N-ethyl adjacent to an activating group) is 1. The summed E-state index contributed by atoms with van der Waals surface area (Å²) in [4.78, 5) is 38.8. The largest absolute Gasteiger partial charge is 0.481 e. The zero-order valence-electron chi connectivity index (χ0n) is 11.8. The van der Waals surface area contributed by atoms with Crippen molar-refractivity contribution in [3.05, 3.63) is 22.4 Å². The Balaban J connectivity index is 1.91. The number of carboxylic acids is 1. The normalized spacial score (nSPS) is 18.3. The van der Waals surface area contributed by atoms with E-state index in [1.807, 2.05) is 5.38 Å². The van der Waals surface area contributed by atoms with Crippen LogP contribution >= 0.6 is 11.3 Å². The molecule has 0 aromatic carbocycles. The predicted octanol–water partition coefficient (Wildman–Crippen LogP) is 1.14. The molecule has 0 unspecified atom stereocenters. The molecule has 0 spiro atoms. The van der Waals surface area contributed by atoms with Crippen molar-refractivity contribution in [1.82, 2.24) is 9.80 Å². The molecule has 2 amide bonds. The van der Waals surface area contributed by atoms with Crippen LogP contribution in [0.15, 0.2) is 17.5 Å². The fourth-order valence-electron chi connectivity index (χ4n) is 2.37. The van der Waals surface area contributed by atoms with E-state index in [1.54, 1.807) is 24.1 Å². The Morgan fingerprint density at radius 2 is 2.24 bits per heavy atom. The highest BCUT2D eigenvalue weighted by Gasteiger charge is 2.29. The second-order valence-electron chi connectivity index (χ2n) is 5.16. The minimum Gasteiger partial charge on any atom is -0.481 e. The van der Waals surface area contributed by atoms with Gasteiger partial charge in [-0.3, -0.25) is 14.4 Å². The molecule has 2 heterocycles. The minimum atomic E-state index is -0.865. The Morgan fingerprint density at radius 3 is 2.86 bits per heavy atom. The molecule has 1 fully saturated rings. The smallest absolute Gasteiger partial charge is 0.308 e. The molecule has 1 aliphatic rings. The van der Waals surface area contributed by atoms with Crippen LogP contribution in [0, 0.1) is 5.92 Å². The first-order chi connectivity index (χ1) is 9.99. The molecule has 0 aliphatic carbocycles. The number of likely N-dealkylation sites (tertiary alicyclic amines) is 1. The highest BCUT2D eigenvalue weighted by molar-refractivity contribution is 7.12. The van der Waals surface area contributed by atoms with Crippen molar-refractivity contribution < 1.29 is 19.5 Å². The summed E-state index contributed by atoms with van der Waals surface area (Å²) >= 11 is 1.33. The number of nitrogens with zero attached hydrogens (tertiary/aromatic N) is 2. The van der Waals surface area contributed by atoms with Crippen LogP contribution in [0.4, 0.5) is 0 Å². The molecule has 6 nitrogen and oxygen atoms in total. The molecule has 1 saturated heterocycles. The van der Waals surface area contributed by atoms with Gasteiger partial charge in [0.25, 0.3) is 5.91 Å². The number of hydrogen-bond donors (Lipinski definition) is 1. The topological polar surface area (TPSA) is 77.9 Å². The number of rotatable bonds is 4. The molecule has 2 rings (SSSR count). The van der Waals surface area contributed by atoms with Gasteiger partial charge in [0.1, 0.15) is 0 Å². The Morgan fingerprint density at radius 1 is 1.48 bits per heavy atom. The first-order valence-corrected chi connectivity index (χ1v) is 7.66. The number of hydrogen-bond acceptors (Lipinski definition) is 4. The Kier molecular flexibility index (Phi) is 4.95. The molecule has 21 heavy (non-hydrogen) atoms. The van der Waals surface area contributed by atoms with Crippen LogP contribution in [0.1, 0.15) is 22.5 Å². The van der Waals surface area contributed by atoms with Gasteiger partial charge in [-0.25, -0.2) is 0 Å². The first kappa shape index (κ1) is 15.5. The number of amides is 2. The van der Waals surface area contributed by atoms with Gasteiger partial charge >= 0.3 is 5.97 Å². The standard InChI is InChI=1S/C14H18N2O4S/c1-15(13(18)11-5-3-7-21-11)9-12(17)16-6-2-4-10(8-16)14(19)20/h3,5,7,10H,2,4,6,8-9H2,1H3,(H,19,20)/t10-/m1/s1. The summed E-state index contributed by atoms with van der Waals surface area (Å²) in [6.45, 7) is 0.766. The predicted molar refractivity (Wildman–Crippen MR) is 78.2 cm³/mol. The van der Waals surface area contributed by atoms with E-state index in [0.717, 1.165) is 0 Å². The second-order valence-corrected chi connectivity index (χ2v) is 6.10. The number of aliphatic carboxylic acids is 1. The maximum atomic E-state index is 12.2. The Labute approximate surface area is 127 Å². The van der Waals surface area contributed by atoms with Crippen LogP contribution in [0.25, 0.3) is 0 Å².